The summed E-state index contributed by atoms with van der Waals surface area (Å²) in [5.41, 5.74) is -1.91. The highest BCUT2D eigenvalue weighted by molar-refractivity contribution is 6.31. The number of amides is 1. The zero-order valence-corrected chi connectivity index (χ0v) is 24.4. The summed E-state index contributed by atoms with van der Waals surface area (Å²) in [6, 6.07) is 4.36. The van der Waals surface area contributed by atoms with E-state index in [1.807, 2.05) is 0 Å². The van der Waals surface area contributed by atoms with Crippen molar-refractivity contribution in [2.75, 3.05) is 17.7 Å². The number of halogens is 6. The fourth-order valence-corrected chi connectivity index (χ4v) is 5.05. The van der Waals surface area contributed by atoms with Crippen LogP contribution in [0.1, 0.15) is 44.3 Å². The number of fused-ring (bicyclic) bond motifs is 2. The van der Waals surface area contributed by atoms with E-state index >= 15 is 0 Å². The summed E-state index contributed by atoms with van der Waals surface area (Å²) >= 11 is 6.09. The van der Waals surface area contributed by atoms with E-state index in [0.717, 1.165) is 4.68 Å². The molecule has 0 aliphatic carbocycles. The van der Waals surface area contributed by atoms with E-state index in [0.29, 0.717) is 11.1 Å². The quantitative estimate of drug-likeness (QED) is 0.196. The SMILES string of the molecule is CNc1nc(-c2nn(CCC(F)(F)C(F)(F)F)c3cc(Cl)ccc23)nc2c1C(C)(c1nc(CC(C)(C)C(=O)O)co1)C(=O)N2. The fraction of sp³-hybridized carbons (Fsp3) is 0.407. The Morgan fingerprint density at radius 1 is 1.18 bits per heavy atom. The molecule has 1 amide bonds. The highest BCUT2D eigenvalue weighted by atomic mass is 35.5. The lowest BCUT2D eigenvalue weighted by Gasteiger charge is -2.20. The third-order valence-electron chi connectivity index (χ3n) is 7.49. The van der Waals surface area contributed by atoms with Crippen LogP contribution in [-0.4, -0.2) is 60.9 Å². The topological polar surface area (TPSA) is 148 Å². The predicted molar refractivity (Wildman–Crippen MR) is 148 cm³/mol. The average molecular weight is 642 g/mol. The van der Waals surface area contributed by atoms with Crippen molar-refractivity contribution in [3.8, 4) is 11.5 Å². The highest BCUT2D eigenvalue weighted by Gasteiger charge is 2.57. The monoisotopic (exact) mass is 641 g/mol. The minimum absolute atomic E-state index is 0.0271. The van der Waals surface area contributed by atoms with Crippen LogP contribution in [0.4, 0.5) is 33.6 Å². The maximum absolute atomic E-state index is 13.7. The minimum atomic E-state index is -5.73. The Kier molecular flexibility index (Phi) is 7.34. The van der Waals surface area contributed by atoms with Gasteiger partial charge in [0, 0.05) is 36.8 Å². The van der Waals surface area contributed by atoms with Gasteiger partial charge in [-0.2, -0.15) is 27.1 Å². The Balaban J connectivity index is 1.58. The second kappa shape index (κ2) is 10.4. The van der Waals surface area contributed by atoms with Crippen LogP contribution in [0.15, 0.2) is 28.9 Å². The van der Waals surface area contributed by atoms with Gasteiger partial charge in [0.25, 0.3) is 0 Å². The number of benzene rings is 1. The van der Waals surface area contributed by atoms with Crippen LogP contribution in [-0.2, 0) is 28.0 Å². The molecule has 0 radical (unpaired) electrons. The van der Waals surface area contributed by atoms with E-state index in [9.17, 15) is 36.6 Å². The van der Waals surface area contributed by atoms with Crippen molar-refractivity contribution < 1.29 is 41.1 Å². The van der Waals surface area contributed by atoms with Crippen LogP contribution < -0.4 is 10.6 Å². The van der Waals surface area contributed by atoms with Crippen molar-refractivity contribution in [1.82, 2.24) is 24.7 Å². The number of carbonyl (C=O) groups excluding carboxylic acids is 1. The number of alkyl halides is 5. The van der Waals surface area contributed by atoms with Crippen molar-refractivity contribution in [2.45, 2.75) is 57.7 Å². The third-order valence-corrected chi connectivity index (χ3v) is 7.73. The van der Waals surface area contributed by atoms with Crippen molar-refractivity contribution in [2.24, 2.45) is 5.41 Å². The molecule has 5 rings (SSSR count). The Morgan fingerprint density at radius 3 is 2.52 bits per heavy atom. The summed E-state index contributed by atoms with van der Waals surface area (Å²) in [6.45, 7) is 3.78. The smallest absolute Gasteiger partial charge is 0.453 e. The molecule has 1 aliphatic heterocycles. The molecule has 0 saturated carbocycles. The third kappa shape index (κ3) is 5.10. The lowest BCUT2D eigenvalue weighted by Crippen LogP contribution is -2.37. The van der Waals surface area contributed by atoms with E-state index in [-0.39, 0.29) is 51.6 Å². The lowest BCUT2D eigenvalue weighted by atomic mass is 9.84. The van der Waals surface area contributed by atoms with Gasteiger partial charge >= 0.3 is 18.1 Å². The zero-order chi connectivity index (χ0) is 32.4. The van der Waals surface area contributed by atoms with Gasteiger partial charge in [-0.3, -0.25) is 14.3 Å². The summed E-state index contributed by atoms with van der Waals surface area (Å²) in [4.78, 5) is 38.3. The minimum Gasteiger partial charge on any atom is -0.481 e. The molecule has 3 N–H and O–H groups in total. The summed E-state index contributed by atoms with van der Waals surface area (Å²) in [5, 5.41) is 19.8. The largest absolute Gasteiger partial charge is 0.481 e. The number of aromatic nitrogens is 5. The highest BCUT2D eigenvalue weighted by Crippen LogP contribution is 2.46. The van der Waals surface area contributed by atoms with Crippen molar-refractivity contribution in [1.29, 1.82) is 0 Å². The van der Waals surface area contributed by atoms with E-state index < -0.39 is 47.8 Å². The number of hydrogen-bond acceptors (Lipinski definition) is 8. The Labute approximate surface area is 250 Å². The zero-order valence-electron chi connectivity index (χ0n) is 23.6. The lowest BCUT2D eigenvalue weighted by molar-refractivity contribution is -0.285. The normalized spacial score (nSPS) is 17.2. The Hall–Kier alpha value is -4.34. The standard InChI is InChI=1S/C27H25ClF5N7O4/c1-24(2,23(42)43)10-13-11-44-22(35-13)25(3)16-18(34-4)36-20(37-19(16)38-21(25)41)17-14-6-5-12(28)9-15(14)40(39-17)8-7-26(29,30)27(31,32)33/h5-6,9,11H,7-8,10H2,1-4H3,(H,42,43)(H2,34,36,37,38,41). The summed E-state index contributed by atoms with van der Waals surface area (Å²) in [6.07, 6.45) is -6.00. The summed E-state index contributed by atoms with van der Waals surface area (Å²) in [5.74, 6) is -6.46. The molecule has 0 spiro atoms. The molecule has 4 aromatic rings. The summed E-state index contributed by atoms with van der Waals surface area (Å²) in [7, 11) is 1.53. The van der Waals surface area contributed by atoms with Gasteiger partial charge in [-0.1, -0.05) is 11.6 Å². The molecular weight excluding hydrogens is 617 g/mol. The number of hydrogen-bond donors (Lipinski definition) is 3. The molecule has 17 heteroatoms. The number of aryl methyl sites for hydroxylation is 1. The fourth-order valence-electron chi connectivity index (χ4n) is 4.88. The molecule has 0 fully saturated rings. The van der Waals surface area contributed by atoms with Gasteiger partial charge in [-0.25, -0.2) is 15.0 Å². The van der Waals surface area contributed by atoms with Crippen LogP contribution in [0.5, 0.6) is 0 Å². The first kappa shape index (κ1) is 31.1. The predicted octanol–water partition coefficient (Wildman–Crippen LogP) is 5.68. The number of rotatable bonds is 9. The average Bonchev–Trinajstić information content (AvgIpc) is 3.61. The number of carboxylic acid groups (broad SMARTS) is 1. The maximum atomic E-state index is 13.7. The number of carboxylic acids is 1. The number of nitrogens with one attached hydrogen (secondary N) is 2. The number of aliphatic carboxylic acids is 1. The Bertz CT molecular complexity index is 1800. The van der Waals surface area contributed by atoms with Crippen LogP contribution in [0, 0.1) is 5.41 Å². The van der Waals surface area contributed by atoms with Gasteiger partial charge in [0.2, 0.25) is 11.8 Å². The van der Waals surface area contributed by atoms with Crippen LogP contribution in [0.2, 0.25) is 5.02 Å². The van der Waals surface area contributed by atoms with Gasteiger partial charge in [-0.15, -0.1) is 0 Å². The van der Waals surface area contributed by atoms with E-state index in [4.69, 9.17) is 16.0 Å². The van der Waals surface area contributed by atoms with Crippen LogP contribution in [0.25, 0.3) is 22.4 Å². The molecule has 1 unspecified atom stereocenters. The molecule has 4 heterocycles. The van der Waals surface area contributed by atoms with Gasteiger partial charge in [0.15, 0.2) is 11.2 Å². The molecule has 11 nitrogen and oxygen atoms in total. The van der Waals surface area contributed by atoms with Gasteiger partial charge in [-0.05, 0) is 39.0 Å². The molecule has 234 valence electrons. The summed E-state index contributed by atoms with van der Waals surface area (Å²) < 4.78 is 72.6. The number of oxazole rings is 1. The molecular formula is C27H25ClF5N7O4. The first-order valence-corrected chi connectivity index (χ1v) is 13.5. The van der Waals surface area contributed by atoms with Crippen molar-refractivity contribution >= 4 is 46.0 Å². The van der Waals surface area contributed by atoms with E-state index in [1.165, 1.54) is 52.3 Å². The van der Waals surface area contributed by atoms with Gasteiger partial charge < -0.3 is 20.2 Å². The van der Waals surface area contributed by atoms with Crippen molar-refractivity contribution in [3.63, 3.8) is 0 Å². The molecule has 44 heavy (non-hydrogen) atoms. The maximum Gasteiger partial charge on any atom is 0.453 e. The molecule has 0 bridgehead atoms. The molecule has 1 aromatic carbocycles. The van der Waals surface area contributed by atoms with Crippen LogP contribution >= 0.6 is 11.6 Å². The number of carbonyl (C=O) groups is 2. The molecule has 3 aromatic heterocycles. The van der Waals surface area contributed by atoms with Crippen molar-refractivity contribution in [3.05, 3.63) is 46.6 Å². The first-order valence-electron chi connectivity index (χ1n) is 13.1. The number of anilines is 2. The van der Waals surface area contributed by atoms with E-state index in [2.05, 4.69) is 30.7 Å². The number of nitrogens with zero attached hydrogens (tertiary/aromatic N) is 5. The first-order chi connectivity index (χ1) is 20.4. The Morgan fingerprint density at radius 2 is 1.89 bits per heavy atom. The molecule has 1 aliphatic rings. The molecule has 1 atom stereocenters. The second-order valence-electron chi connectivity index (χ2n) is 11.1. The molecule has 0 saturated heterocycles. The van der Waals surface area contributed by atoms with Gasteiger partial charge in [0.05, 0.1) is 22.2 Å². The van der Waals surface area contributed by atoms with Gasteiger partial charge in [0.1, 0.15) is 23.6 Å². The van der Waals surface area contributed by atoms with E-state index in [1.54, 1.807) is 0 Å². The second-order valence-corrected chi connectivity index (χ2v) is 11.6. The van der Waals surface area contributed by atoms with Crippen LogP contribution in [0.3, 0.4) is 0 Å².